The molecule has 0 aliphatic carbocycles. The van der Waals surface area contributed by atoms with Crippen molar-refractivity contribution < 1.29 is 0 Å². The molecule has 2 N–H and O–H groups in total. The third-order valence-corrected chi connectivity index (χ3v) is 4.06. The van der Waals surface area contributed by atoms with E-state index in [1.54, 1.807) is 18.5 Å². The van der Waals surface area contributed by atoms with Gasteiger partial charge in [-0.25, -0.2) is 4.98 Å². The van der Waals surface area contributed by atoms with Gasteiger partial charge in [-0.15, -0.1) is 0 Å². The first-order chi connectivity index (χ1) is 11.7. The van der Waals surface area contributed by atoms with E-state index in [1.165, 1.54) is 0 Å². The number of hydrogen-bond donors (Lipinski definition) is 2. The first-order valence-corrected chi connectivity index (χ1v) is 8.18. The molecule has 0 aliphatic rings. The molecule has 3 heterocycles. The van der Waals surface area contributed by atoms with Crippen molar-refractivity contribution in [2.24, 2.45) is 0 Å². The van der Waals surface area contributed by atoms with E-state index in [-0.39, 0.29) is 5.92 Å². The standard InChI is InChI=1S/C18H18ClN5/c1-2-21-11-14(18(20)12-4-3-7-22-9-12)13-8-16-15(23-10-13)5-6-17(19)24-16/h3-10,14,20-21H,2,11H2,1H3. The lowest BCUT2D eigenvalue weighted by Gasteiger charge is -2.19. The minimum absolute atomic E-state index is 0.133. The zero-order chi connectivity index (χ0) is 16.9. The Balaban J connectivity index is 2.00. The first-order valence-electron chi connectivity index (χ1n) is 7.80. The summed E-state index contributed by atoms with van der Waals surface area (Å²) < 4.78 is 0. The third kappa shape index (κ3) is 3.58. The number of likely N-dealkylation sites (N-methyl/N-ethyl adjacent to an activating group) is 1. The van der Waals surface area contributed by atoms with E-state index in [4.69, 9.17) is 17.0 Å². The van der Waals surface area contributed by atoms with Crippen LogP contribution in [0, 0.1) is 5.41 Å². The van der Waals surface area contributed by atoms with Gasteiger partial charge in [-0.05, 0) is 36.4 Å². The maximum Gasteiger partial charge on any atom is 0.129 e. The Morgan fingerprint density at radius 2 is 2.12 bits per heavy atom. The van der Waals surface area contributed by atoms with Crippen LogP contribution in [0.2, 0.25) is 5.15 Å². The van der Waals surface area contributed by atoms with Crippen LogP contribution in [0.15, 0.2) is 48.9 Å². The fraction of sp³-hybridized carbons (Fsp3) is 0.222. The summed E-state index contributed by atoms with van der Waals surface area (Å²) >= 11 is 5.99. The molecule has 1 unspecified atom stereocenters. The summed E-state index contributed by atoms with van der Waals surface area (Å²) in [6.45, 7) is 3.53. The molecule has 0 fully saturated rings. The third-order valence-electron chi connectivity index (χ3n) is 3.85. The SMILES string of the molecule is CCNCC(C(=N)c1cccnc1)c1cnc2ccc(Cl)nc2c1. The highest BCUT2D eigenvalue weighted by atomic mass is 35.5. The number of halogens is 1. The second-order valence-electron chi connectivity index (χ2n) is 5.46. The number of pyridine rings is 3. The molecule has 122 valence electrons. The second-order valence-corrected chi connectivity index (χ2v) is 5.84. The number of rotatable bonds is 6. The van der Waals surface area contributed by atoms with Gasteiger partial charge in [-0.3, -0.25) is 9.97 Å². The first kappa shape index (κ1) is 16.5. The van der Waals surface area contributed by atoms with Gasteiger partial charge in [0, 0.05) is 42.3 Å². The molecule has 0 saturated heterocycles. The molecular weight excluding hydrogens is 322 g/mol. The molecule has 0 aromatic carbocycles. The minimum Gasteiger partial charge on any atom is -0.316 e. The number of nitrogens with zero attached hydrogens (tertiary/aromatic N) is 3. The highest BCUT2D eigenvalue weighted by molar-refractivity contribution is 6.29. The van der Waals surface area contributed by atoms with Gasteiger partial charge >= 0.3 is 0 Å². The highest BCUT2D eigenvalue weighted by Gasteiger charge is 2.19. The average molecular weight is 340 g/mol. The Hall–Kier alpha value is -2.37. The van der Waals surface area contributed by atoms with Crippen molar-refractivity contribution in [3.63, 3.8) is 0 Å². The molecule has 3 rings (SSSR count). The zero-order valence-electron chi connectivity index (χ0n) is 13.3. The Morgan fingerprint density at radius 1 is 1.25 bits per heavy atom. The van der Waals surface area contributed by atoms with Crippen molar-refractivity contribution in [2.45, 2.75) is 12.8 Å². The molecule has 0 radical (unpaired) electrons. The average Bonchev–Trinajstić information content (AvgIpc) is 2.62. The summed E-state index contributed by atoms with van der Waals surface area (Å²) in [6, 6.07) is 9.28. The molecule has 6 heteroatoms. The van der Waals surface area contributed by atoms with Gasteiger partial charge in [0.25, 0.3) is 0 Å². The number of aromatic nitrogens is 3. The van der Waals surface area contributed by atoms with Gasteiger partial charge in [-0.1, -0.05) is 24.6 Å². The van der Waals surface area contributed by atoms with E-state index < -0.39 is 0 Å². The number of nitrogens with one attached hydrogen (secondary N) is 2. The molecule has 0 bridgehead atoms. The lowest BCUT2D eigenvalue weighted by Crippen LogP contribution is -2.27. The number of fused-ring (bicyclic) bond motifs is 1. The topological polar surface area (TPSA) is 74.6 Å². The van der Waals surface area contributed by atoms with Gasteiger partial charge < -0.3 is 10.7 Å². The molecule has 1 atom stereocenters. The van der Waals surface area contributed by atoms with E-state index in [9.17, 15) is 0 Å². The van der Waals surface area contributed by atoms with Crippen LogP contribution in [0.5, 0.6) is 0 Å². The largest absolute Gasteiger partial charge is 0.316 e. The summed E-state index contributed by atoms with van der Waals surface area (Å²) in [4.78, 5) is 12.9. The predicted octanol–water partition coefficient (Wildman–Crippen LogP) is 3.44. The van der Waals surface area contributed by atoms with E-state index in [1.807, 2.05) is 37.4 Å². The van der Waals surface area contributed by atoms with Crippen LogP contribution in [0.25, 0.3) is 11.0 Å². The maximum atomic E-state index is 8.60. The van der Waals surface area contributed by atoms with Gasteiger partial charge in [0.1, 0.15) is 5.15 Å². The molecule has 0 spiro atoms. The van der Waals surface area contributed by atoms with Crippen molar-refractivity contribution in [2.75, 3.05) is 13.1 Å². The Kier molecular flexibility index (Phi) is 5.13. The fourth-order valence-corrected chi connectivity index (χ4v) is 2.74. The Morgan fingerprint density at radius 3 is 2.88 bits per heavy atom. The summed E-state index contributed by atoms with van der Waals surface area (Å²) in [6.07, 6.45) is 5.23. The zero-order valence-corrected chi connectivity index (χ0v) is 14.1. The van der Waals surface area contributed by atoms with Crippen LogP contribution in [0.3, 0.4) is 0 Å². The van der Waals surface area contributed by atoms with Crippen molar-refractivity contribution in [3.8, 4) is 0 Å². The summed E-state index contributed by atoms with van der Waals surface area (Å²) in [5.74, 6) is -0.133. The highest BCUT2D eigenvalue weighted by Crippen LogP contribution is 2.23. The predicted molar refractivity (Wildman–Crippen MR) is 96.9 cm³/mol. The van der Waals surface area contributed by atoms with Crippen LogP contribution in [0.4, 0.5) is 0 Å². The van der Waals surface area contributed by atoms with Crippen LogP contribution in [-0.2, 0) is 0 Å². The number of hydrogen-bond acceptors (Lipinski definition) is 5. The smallest absolute Gasteiger partial charge is 0.129 e. The van der Waals surface area contributed by atoms with Crippen LogP contribution in [-0.4, -0.2) is 33.8 Å². The van der Waals surface area contributed by atoms with Gasteiger partial charge in [0.15, 0.2) is 0 Å². The maximum absolute atomic E-state index is 8.60. The molecule has 3 aromatic heterocycles. The van der Waals surface area contributed by atoms with E-state index in [0.29, 0.717) is 17.4 Å². The van der Waals surface area contributed by atoms with Crippen molar-refractivity contribution in [1.82, 2.24) is 20.3 Å². The molecular formula is C18H18ClN5. The monoisotopic (exact) mass is 339 g/mol. The quantitative estimate of drug-likeness (QED) is 0.533. The second kappa shape index (κ2) is 7.47. The van der Waals surface area contributed by atoms with Gasteiger partial charge in [-0.2, -0.15) is 0 Å². The van der Waals surface area contributed by atoms with E-state index in [2.05, 4.69) is 20.3 Å². The Labute approximate surface area is 145 Å². The molecule has 0 aliphatic heterocycles. The van der Waals surface area contributed by atoms with Crippen molar-refractivity contribution in [1.29, 1.82) is 5.41 Å². The van der Waals surface area contributed by atoms with Crippen LogP contribution < -0.4 is 5.32 Å². The summed E-state index contributed by atoms with van der Waals surface area (Å²) in [5, 5.41) is 12.4. The van der Waals surface area contributed by atoms with E-state index in [0.717, 1.165) is 28.7 Å². The van der Waals surface area contributed by atoms with Crippen LogP contribution >= 0.6 is 11.6 Å². The summed E-state index contributed by atoms with van der Waals surface area (Å²) in [5.41, 5.74) is 3.78. The Bertz CT molecular complexity index is 850. The molecule has 5 nitrogen and oxygen atoms in total. The minimum atomic E-state index is -0.133. The molecule has 0 amide bonds. The van der Waals surface area contributed by atoms with Gasteiger partial charge in [0.2, 0.25) is 0 Å². The van der Waals surface area contributed by atoms with Crippen molar-refractivity contribution in [3.05, 3.63) is 65.2 Å². The lowest BCUT2D eigenvalue weighted by atomic mass is 9.91. The normalized spacial score (nSPS) is 12.2. The van der Waals surface area contributed by atoms with E-state index >= 15 is 0 Å². The lowest BCUT2D eigenvalue weighted by molar-refractivity contribution is 0.685. The molecule has 3 aromatic rings. The molecule has 24 heavy (non-hydrogen) atoms. The van der Waals surface area contributed by atoms with Crippen LogP contribution in [0.1, 0.15) is 24.0 Å². The molecule has 0 saturated carbocycles. The van der Waals surface area contributed by atoms with Gasteiger partial charge in [0.05, 0.1) is 11.0 Å². The fourth-order valence-electron chi connectivity index (χ4n) is 2.59. The summed E-state index contributed by atoms with van der Waals surface area (Å²) in [7, 11) is 0. The van der Waals surface area contributed by atoms with Crippen molar-refractivity contribution >= 4 is 28.3 Å².